The molecule has 7 heteroatoms. The lowest BCUT2D eigenvalue weighted by Crippen LogP contribution is -2.40. The zero-order chi connectivity index (χ0) is 16.8. The minimum atomic E-state index is -0.212. The average molecular weight is 361 g/mol. The van der Waals surface area contributed by atoms with Gasteiger partial charge in [-0.15, -0.1) is 0 Å². The number of hydrogen-bond donors (Lipinski definition) is 0. The van der Waals surface area contributed by atoms with Crippen LogP contribution in [-0.4, -0.2) is 48.6 Å². The number of hydrogen-bond acceptors (Lipinski definition) is 5. The van der Waals surface area contributed by atoms with Crippen LogP contribution in [0.15, 0.2) is 4.90 Å². The summed E-state index contributed by atoms with van der Waals surface area (Å²) in [7, 11) is 1.77. The van der Waals surface area contributed by atoms with Crippen molar-refractivity contribution < 1.29 is 8.92 Å². The number of nitrogens with zero attached hydrogens (tertiary/aromatic N) is 3. The van der Waals surface area contributed by atoms with E-state index in [-0.39, 0.29) is 11.2 Å². The maximum atomic E-state index is 6.15. The van der Waals surface area contributed by atoms with Gasteiger partial charge < -0.3 is 9.64 Å². The molecule has 1 unspecified atom stereocenters. The molecule has 1 aromatic heterocycles. The summed E-state index contributed by atoms with van der Waals surface area (Å²) in [6.45, 7) is 8.71. The van der Waals surface area contributed by atoms with Crippen molar-refractivity contribution in [2.45, 2.75) is 51.0 Å². The van der Waals surface area contributed by atoms with Crippen molar-refractivity contribution in [1.82, 2.24) is 9.97 Å². The molecule has 0 aromatic carbocycles. The van der Waals surface area contributed by atoms with Crippen molar-refractivity contribution in [2.75, 3.05) is 37.5 Å². The van der Waals surface area contributed by atoms with Crippen molar-refractivity contribution in [3.05, 3.63) is 11.0 Å². The van der Waals surface area contributed by atoms with Crippen LogP contribution in [0.5, 0.6) is 0 Å². The molecule has 23 heavy (non-hydrogen) atoms. The largest absolute Gasteiger partial charge is 0.381 e. The lowest BCUT2D eigenvalue weighted by molar-refractivity contribution is 0.0844. The summed E-state index contributed by atoms with van der Waals surface area (Å²) in [4.78, 5) is 12.5. The fraction of sp³-hybridized carbons (Fsp3) is 0.750. The molecule has 1 atom stereocenters. The molecule has 3 rings (SSSR count). The van der Waals surface area contributed by atoms with E-state index >= 15 is 0 Å². The first kappa shape index (κ1) is 18.8. The van der Waals surface area contributed by atoms with Crippen LogP contribution < -0.4 is 4.90 Å². The number of halogens is 1. The molecule has 5 nitrogen and oxygen atoms in total. The summed E-state index contributed by atoms with van der Waals surface area (Å²) in [6.07, 6.45) is 2.99. The molecule has 1 saturated heterocycles. The van der Waals surface area contributed by atoms with Crippen LogP contribution >= 0.6 is 11.6 Å². The van der Waals surface area contributed by atoms with Gasteiger partial charge >= 0.3 is 0 Å². The summed E-state index contributed by atoms with van der Waals surface area (Å²) in [5, 5.41) is 0.343. The lowest BCUT2D eigenvalue weighted by Gasteiger charge is -2.34. The zero-order valence-electron chi connectivity index (χ0n) is 14.5. The Balaban J connectivity index is 0.000000924. The molecule has 130 valence electrons. The van der Waals surface area contributed by atoms with Crippen LogP contribution in [0.25, 0.3) is 0 Å². The summed E-state index contributed by atoms with van der Waals surface area (Å²) < 4.78 is 11.1. The molecule has 0 amide bonds. The topological polar surface area (TPSA) is 47.5 Å². The van der Waals surface area contributed by atoms with Gasteiger partial charge in [0, 0.05) is 32.2 Å². The zero-order valence-corrected chi connectivity index (χ0v) is 16.0. The van der Waals surface area contributed by atoms with Gasteiger partial charge in [-0.2, -0.15) is 9.17 Å². The van der Waals surface area contributed by atoms with Crippen molar-refractivity contribution in [1.29, 1.82) is 0 Å². The minimum Gasteiger partial charge on any atom is -0.381 e. The van der Waals surface area contributed by atoms with Crippen LogP contribution in [0, 0.1) is 0 Å². The van der Waals surface area contributed by atoms with Crippen LogP contribution in [0.2, 0.25) is 5.28 Å². The minimum absolute atomic E-state index is 0.212. The van der Waals surface area contributed by atoms with Gasteiger partial charge in [-0.3, -0.25) is 0 Å². The SMILES string of the molecule is CC.CCN(c1nc(Cl)nc2c1[S+](OC)CC2)C1CCOCC1. The molecule has 0 bridgehead atoms. The number of fused-ring (bicyclic) bond motifs is 1. The second-order valence-corrected chi connectivity index (χ2v) is 7.37. The number of rotatable bonds is 4. The van der Waals surface area contributed by atoms with Gasteiger partial charge in [-0.1, -0.05) is 13.8 Å². The van der Waals surface area contributed by atoms with Gasteiger partial charge in [0.05, 0.1) is 7.11 Å². The van der Waals surface area contributed by atoms with Crippen LogP contribution in [0.4, 0.5) is 5.82 Å². The highest BCUT2D eigenvalue weighted by molar-refractivity contribution is 7.92. The molecule has 2 aliphatic heterocycles. The van der Waals surface area contributed by atoms with Gasteiger partial charge in [0.15, 0.2) is 22.7 Å². The van der Waals surface area contributed by atoms with Crippen molar-refractivity contribution in [3.8, 4) is 0 Å². The van der Waals surface area contributed by atoms with Crippen molar-refractivity contribution >= 4 is 28.6 Å². The molecular formula is C16H27ClN3O2S+. The van der Waals surface area contributed by atoms with Crippen molar-refractivity contribution in [3.63, 3.8) is 0 Å². The highest BCUT2D eigenvalue weighted by atomic mass is 35.5. The first-order valence-corrected chi connectivity index (χ1v) is 10.1. The maximum Gasteiger partial charge on any atom is 0.254 e. The van der Waals surface area contributed by atoms with Gasteiger partial charge in [0.25, 0.3) is 4.90 Å². The number of aryl methyl sites for hydroxylation is 1. The molecule has 0 N–H and O–H groups in total. The first-order chi connectivity index (χ1) is 11.2. The fourth-order valence-corrected chi connectivity index (χ4v) is 4.96. The lowest BCUT2D eigenvalue weighted by atomic mass is 10.1. The number of anilines is 1. The van der Waals surface area contributed by atoms with Gasteiger partial charge in [-0.05, 0) is 31.4 Å². The summed E-state index contributed by atoms with van der Waals surface area (Å²) >= 11 is 5.94. The smallest absolute Gasteiger partial charge is 0.254 e. The van der Waals surface area contributed by atoms with Crippen molar-refractivity contribution in [2.24, 2.45) is 0 Å². The predicted molar refractivity (Wildman–Crippen MR) is 96.5 cm³/mol. The third-order valence-corrected chi connectivity index (χ3v) is 6.11. The molecule has 1 fully saturated rings. The van der Waals surface area contributed by atoms with E-state index < -0.39 is 0 Å². The van der Waals surface area contributed by atoms with Gasteiger partial charge in [-0.25, -0.2) is 4.98 Å². The molecule has 0 spiro atoms. The van der Waals surface area contributed by atoms with Crippen LogP contribution in [0.1, 0.15) is 39.3 Å². The van der Waals surface area contributed by atoms with E-state index in [4.69, 9.17) is 20.5 Å². The molecule has 0 radical (unpaired) electrons. The maximum absolute atomic E-state index is 6.15. The third-order valence-electron chi connectivity index (χ3n) is 4.09. The standard InChI is InChI=1S/C14H21ClN3O2S.C2H6/c1-3-18(10-4-7-20-8-5-10)13-12-11(16-14(15)17-13)6-9-21(12)19-2;1-2/h10H,3-9H2,1-2H3;1-2H3/q+1;. The third kappa shape index (κ3) is 4.10. The van der Waals surface area contributed by atoms with E-state index in [9.17, 15) is 0 Å². The highest BCUT2D eigenvalue weighted by Gasteiger charge is 2.42. The normalized spacial score (nSPS) is 20.7. The fourth-order valence-electron chi connectivity index (χ4n) is 3.09. The summed E-state index contributed by atoms with van der Waals surface area (Å²) in [5.74, 6) is 1.96. The van der Waals surface area contributed by atoms with E-state index in [2.05, 4.69) is 21.8 Å². The Kier molecular flexibility index (Phi) is 7.40. The Hall–Kier alpha value is -0.560. The van der Waals surface area contributed by atoms with Gasteiger partial charge in [0.2, 0.25) is 5.28 Å². The molecule has 0 saturated carbocycles. The average Bonchev–Trinajstić information content (AvgIpc) is 3.01. The molecular weight excluding hydrogens is 334 g/mol. The van der Waals surface area contributed by atoms with Gasteiger partial charge in [0.1, 0.15) is 5.69 Å². The van der Waals surface area contributed by atoms with E-state index in [1.165, 1.54) is 0 Å². The molecule has 3 heterocycles. The Morgan fingerprint density at radius 1 is 1.30 bits per heavy atom. The Morgan fingerprint density at radius 3 is 2.61 bits per heavy atom. The highest BCUT2D eigenvalue weighted by Crippen LogP contribution is 2.36. The number of ether oxygens (including phenoxy) is 1. The van der Waals surface area contributed by atoms with E-state index in [1.54, 1.807) is 7.11 Å². The van der Waals surface area contributed by atoms with E-state index in [0.717, 1.165) is 61.2 Å². The van der Waals surface area contributed by atoms with E-state index in [0.29, 0.717) is 11.3 Å². The van der Waals surface area contributed by atoms with E-state index in [1.807, 2.05) is 13.8 Å². The Bertz CT molecular complexity index is 512. The molecule has 2 aliphatic rings. The summed E-state index contributed by atoms with van der Waals surface area (Å²) in [6, 6.07) is 0.460. The molecule has 1 aromatic rings. The molecule has 0 aliphatic carbocycles. The second kappa shape index (κ2) is 9.06. The Labute approximate surface area is 147 Å². The Morgan fingerprint density at radius 2 is 2.00 bits per heavy atom. The first-order valence-electron chi connectivity index (χ1n) is 8.40. The monoisotopic (exact) mass is 360 g/mol. The van der Waals surface area contributed by atoms with Crippen LogP contribution in [-0.2, 0) is 26.5 Å². The predicted octanol–water partition coefficient (Wildman–Crippen LogP) is 3.26. The van der Waals surface area contributed by atoms with Crippen LogP contribution in [0.3, 0.4) is 0 Å². The second-order valence-electron chi connectivity index (χ2n) is 5.19. The summed E-state index contributed by atoms with van der Waals surface area (Å²) in [5.41, 5.74) is 1.06. The number of aromatic nitrogens is 2. The quantitative estimate of drug-likeness (QED) is 0.609.